The van der Waals surface area contributed by atoms with Crippen LogP contribution in [-0.4, -0.2) is 29.7 Å². The first kappa shape index (κ1) is 18.0. The number of benzene rings is 1. The number of halogens is 4. The first-order chi connectivity index (χ1) is 14.5. The van der Waals surface area contributed by atoms with Gasteiger partial charge in [0, 0.05) is 17.3 Å². The van der Waals surface area contributed by atoms with Gasteiger partial charge >= 0.3 is 6.43 Å². The van der Waals surface area contributed by atoms with Gasteiger partial charge in [-0.15, -0.1) is 0 Å². The van der Waals surface area contributed by atoms with Crippen LogP contribution >= 0.6 is 0 Å². The van der Waals surface area contributed by atoms with Gasteiger partial charge in [0.1, 0.15) is 23.0 Å². The number of alkyl halides is 2. The molecule has 0 aliphatic heterocycles. The second kappa shape index (κ2) is 6.79. The molecule has 0 bridgehead atoms. The van der Waals surface area contributed by atoms with Crippen molar-refractivity contribution in [3.8, 4) is 33.9 Å². The monoisotopic (exact) mass is 414 g/mol. The Kier molecular flexibility index (Phi) is 4.09. The molecule has 0 spiro atoms. The van der Waals surface area contributed by atoms with Gasteiger partial charge in [-0.3, -0.25) is 9.50 Å². The molecule has 30 heavy (non-hydrogen) atoms. The first-order valence-electron chi connectivity index (χ1n) is 8.60. The predicted octanol–water partition coefficient (Wildman–Crippen LogP) is 4.66. The van der Waals surface area contributed by atoms with Gasteiger partial charge in [0.25, 0.3) is 5.89 Å². The fourth-order valence-corrected chi connectivity index (χ4v) is 3.17. The average molecular weight is 414 g/mol. The molecule has 1 aromatic carbocycles. The molecule has 0 unspecified atom stereocenters. The van der Waals surface area contributed by atoms with E-state index in [2.05, 4.69) is 29.8 Å². The maximum atomic E-state index is 14.3. The molecule has 0 aliphatic carbocycles. The highest BCUT2D eigenvalue weighted by Crippen LogP contribution is 2.34. The van der Waals surface area contributed by atoms with Gasteiger partial charge in [0.2, 0.25) is 5.82 Å². The predicted molar refractivity (Wildman–Crippen MR) is 96.4 cm³/mol. The molecule has 0 fully saturated rings. The molecule has 0 saturated heterocycles. The maximum Gasteiger partial charge on any atom is 0.315 e. The van der Waals surface area contributed by atoms with E-state index in [1.165, 1.54) is 18.5 Å². The summed E-state index contributed by atoms with van der Waals surface area (Å²) in [7, 11) is 0. The fourth-order valence-electron chi connectivity index (χ4n) is 3.17. The summed E-state index contributed by atoms with van der Waals surface area (Å²) in [5.41, 5.74) is 1.69. The molecule has 0 atom stereocenters. The largest absolute Gasteiger partial charge is 0.333 e. The van der Waals surface area contributed by atoms with Gasteiger partial charge in [-0.25, -0.2) is 13.8 Å². The number of rotatable bonds is 4. The summed E-state index contributed by atoms with van der Waals surface area (Å²) in [6.45, 7) is 0. The van der Waals surface area contributed by atoms with Crippen LogP contribution in [0.3, 0.4) is 0 Å². The van der Waals surface area contributed by atoms with Crippen LogP contribution in [-0.2, 0) is 0 Å². The normalized spacial score (nSPS) is 11.6. The molecule has 0 saturated carbocycles. The molecule has 0 radical (unpaired) electrons. The minimum Gasteiger partial charge on any atom is -0.333 e. The first-order valence-corrected chi connectivity index (χ1v) is 8.60. The number of H-pyrrole nitrogens is 1. The smallest absolute Gasteiger partial charge is 0.315 e. The van der Waals surface area contributed by atoms with Crippen molar-refractivity contribution < 1.29 is 22.1 Å². The van der Waals surface area contributed by atoms with Crippen molar-refractivity contribution in [2.24, 2.45) is 0 Å². The zero-order chi connectivity index (χ0) is 20.8. The van der Waals surface area contributed by atoms with Crippen LogP contribution in [0.1, 0.15) is 12.3 Å². The van der Waals surface area contributed by atoms with Crippen LogP contribution < -0.4 is 0 Å². The summed E-state index contributed by atoms with van der Waals surface area (Å²) in [4.78, 5) is 7.87. The Labute approximate surface area is 165 Å². The number of hydrogen-bond acceptors (Lipinski definition) is 5. The number of hydrogen-bond donors (Lipinski definition) is 1. The number of imidazole rings is 1. The third kappa shape index (κ3) is 2.82. The topological polar surface area (TPSA) is 84.9 Å². The van der Waals surface area contributed by atoms with Crippen LogP contribution in [0.4, 0.5) is 17.6 Å². The lowest BCUT2D eigenvalue weighted by atomic mass is 10.0. The summed E-state index contributed by atoms with van der Waals surface area (Å²) < 4.78 is 60.2. The Balaban J connectivity index is 1.65. The summed E-state index contributed by atoms with van der Waals surface area (Å²) in [5.74, 6) is -2.35. The Morgan fingerprint density at radius 3 is 2.57 bits per heavy atom. The van der Waals surface area contributed by atoms with E-state index in [4.69, 9.17) is 0 Å². The van der Waals surface area contributed by atoms with E-state index in [1.807, 2.05) is 0 Å². The number of fused-ring (bicyclic) bond motifs is 1. The summed E-state index contributed by atoms with van der Waals surface area (Å²) in [5, 5.41) is 10.1. The summed E-state index contributed by atoms with van der Waals surface area (Å²) in [6, 6.07) is 6.92. The summed E-state index contributed by atoms with van der Waals surface area (Å²) >= 11 is 0. The fraction of sp³-hybridized carbons (Fsp3) is 0.0526. The van der Waals surface area contributed by atoms with Crippen LogP contribution in [0, 0.1) is 11.6 Å². The quantitative estimate of drug-likeness (QED) is 0.433. The van der Waals surface area contributed by atoms with Gasteiger partial charge in [-0.2, -0.15) is 18.9 Å². The van der Waals surface area contributed by atoms with Crippen molar-refractivity contribution in [1.29, 1.82) is 0 Å². The molecule has 11 heteroatoms. The highest BCUT2D eigenvalue weighted by atomic mass is 19.3. The number of aromatic amines is 1. The van der Waals surface area contributed by atoms with Gasteiger partial charge in [-0.05, 0) is 24.3 Å². The number of nitrogens with zero attached hydrogens (tertiary/aromatic N) is 5. The van der Waals surface area contributed by atoms with E-state index in [1.54, 1.807) is 22.7 Å². The van der Waals surface area contributed by atoms with Gasteiger partial charge in [-0.1, -0.05) is 11.2 Å². The molecule has 5 aromatic rings. The Bertz CT molecular complexity index is 1350. The van der Waals surface area contributed by atoms with Crippen LogP contribution in [0.5, 0.6) is 0 Å². The van der Waals surface area contributed by atoms with Crippen molar-refractivity contribution in [3.63, 3.8) is 0 Å². The maximum absolute atomic E-state index is 14.3. The van der Waals surface area contributed by atoms with Crippen LogP contribution in [0.25, 0.3) is 39.5 Å². The molecule has 4 heterocycles. The van der Waals surface area contributed by atoms with Crippen molar-refractivity contribution in [2.45, 2.75) is 6.43 Å². The zero-order valence-electron chi connectivity index (χ0n) is 14.9. The van der Waals surface area contributed by atoms with Crippen molar-refractivity contribution in [3.05, 3.63) is 66.4 Å². The number of pyridine rings is 1. The van der Waals surface area contributed by atoms with E-state index in [0.717, 1.165) is 12.1 Å². The Morgan fingerprint density at radius 2 is 1.83 bits per heavy atom. The standard InChI is InChI=1S/C19H10F4N6O/c20-11-2-1-3-12(21)15(11)16-10(6-25-27-16)9-4-5-14-24-7-13(29(14)8-9)18-26-19(17(22)23)30-28-18/h1-8,17H,(H,25,27). The molecule has 7 nitrogen and oxygen atoms in total. The van der Waals surface area contributed by atoms with Crippen LogP contribution in [0.15, 0.2) is 53.4 Å². The lowest BCUT2D eigenvalue weighted by Crippen LogP contribution is -1.94. The van der Waals surface area contributed by atoms with E-state index >= 15 is 0 Å². The van der Waals surface area contributed by atoms with Crippen molar-refractivity contribution >= 4 is 5.65 Å². The SMILES string of the molecule is Fc1cccc(F)c1-c1[nH]ncc1-c1ccc2ncc(-c3noc(C(F)F)n3)n2c1. The van der Waals surface area contributed by atoms with E-state index < -0.39 is 24.0 Å². The molecule has 0 aliphatic rings. The van der Waals surface area contributed by atoms with Gasteiger partial charge in [0.15, 0.2) is 0 Å². The highest BCUT2D eigenvalue weighted by molar-refractivity contribution is 5.81. The van der Waals surface area contributed by atoms with Crippen molar-refractivity contribution in [2.75, 3.05) is 0 Å². The van der Waals surface area contributed by atoms with Crippen molar-refractivity contribution in [1.82, 2.24) is 29.7 Å². The molecule has 5 rings (SSSR count). The molecule has 4 aromatic heterocycles. The minimum absolute atomic E-state index is 0.0671. The second-order valence-electron chi connectivity index (χ2n) is 6.30. The minimum atomic E-state index is -2.90. The third-order valence-electron chi connectivity index (χ3n) is 4.53. The Hall–Kier alpha value is -4.02. The lowest BCUT2D eigenvalue weighted by Gasteiger charge is -2.07. The van der Waals surface area contributed by atoms with E-state index in [0.29, 0.717) is 22.5 Å². The number of aromatic nitrogens is 6. The zero-order valence-corrected chi connectivity index (χ0v) is 14.9. The average Bonchev–Trinajstić information content (AvgIpc) is 3.46. The molecule has 1 N–H and O–H groups in total. The van der Waals surface area contributed by atoms with Crippen LogP contribution in [0.2, 0.25) is 0 Å². The Morgan fingerprint density at radius 1 is 1.03 bits per heavy atom. The molecular formula is C19H10F4N6O. The molecule has 150 valence electrons. The molecular weight excluding hydrogens is 404 g/mol. The lowest BCUT2D eigenvalue weighted by molar-refractivity contribution is 0.106. The van der Waals surface area contributed by atoms with E-state index in [9.17, 15) is 17.6 Å². The van der Waals surface area contributed by atoms with Gasteiger partial charge < -0.3 is 4.52 Å². The second-order valence-corrected chi connectivity index (χ2v) is 6.30. The van der Waals surface area contributed by atoms with E-state index in [-0.39, 0.29) is 17.1 Å². The highest BCUT2D eigenvalue weighted by Gasteiger charge is 2.21. The van der Waals surface area contributed by atoms with Gasteiger partial charge in [0.05, 0.1) is 23.7 Å². The number of nitrogens with one attached hydrogen (secondary N) is 1. The summed E-state index contributed by atoms with van der Waals surface area (Å²) in [6.07, 6.45) is 1.56. The third-order valence-corrected chi connectivity index (χ3v) is 4.53. The molecule has 0 amide bonds.